The molecule has 1 atom stereocenters. The lowest BCUT2D eigenvalue weighted by atomic mass is 9.83. The van der Waals surface area contributed by atoms with Crippen molar-refractivity contribution in [3.63, 3.8) is 0 Å². The first-order chi connectivity index (χ1) is 20.9. The molecule has 13 heteroatoms. The Kier molecular flexibility index (Phi) is 7.31. The second kappa shape index (κ2) is 11.4. The van der Waals surface area contributed by atoms with Crippen molar-refractivity contribution >= 4 is 28.7 Å². The maximum absolute atomic E-state index is 13.2. The number of aromatic amines is 2. The normalized spacial score (nSPS) is 21.0. The largest absolute Gasteiger partial charge is 0.439 e. The smallest absolute Gasteiger partial charge is 0.377 e. The minimum Gasteiger partial charge on any atom is -0.377 e. The third-order valence-corrected chi connectivity index (χ3v) is 8.72. The van der Waals surface area contributed by atoms with Gasteiger partial charge >= 0.3 is 5.76 Å². The summed E-state index contributed by atoms with van der Waals surface area (Å²) in [5, 5.41) is 4.15. The predicted octanol–water partition coefficient (Wildman–Crippen LogP) is 4.58. The van der Waals surface area contributed by atoms with Crippen LogP contribution in [0.15, 0.2) is 56.7 Å². The van der Waals surface area contributed by atoms with Gasteiger partial charge in [-0.25, -0.2) is 14.8 Å². The zero-order valence-electron chi connectivity index (χ0n) is 23.6. The molecule has 0 amide bonds. The highest BCUT2D eigenvalue weighted by molar-refractivity contribution is 6.30. The van der Waals surface area contributed by atoms with Crippen molar-refractivity contribution in [3.05, 3.63) is 74.1 Å². The number of nitrogens with zero attached hydrogens (tertiary/aromatic N) is 6. The molecule has 0 spiro atoms. The average molecular weight is 603 g/mol. The third-order valence-electron chi connectivity index (χ3n) is 8.50. The lowest BCUT2D eigenvalue weighted by molar-refractivity contribution is 0.0927. The van der Waals surface area contributed by atoms with E-state index in [4.69, 9.17) is 35.8 Å². The van der Waals surface area contributed by atoms with Gasteiger partial charge in [0.15, 0.2) is 5.65 Å². The van der Waals surface area contributed by atoms with E-state index in [-0.39, 0.29) is 28.8 Å². The highest BCUT2D eigenvalue weighted by Crippen LogP contribution is 2.38. The standard InChI is InChI=1S/C30H31ClN8O4/c1-17-7-9-18(10-8-17)15-39-24-23(21-13-20(31)14-32-28(21)40)33-26(27-36-30(41)43-37-27)34-25(24)35-29(39)38-11-12-42-16-22(38)19-5-3-2-4-6-19/h2-6,13-14,17-18,22H,7-12,15-16H2,1H3,(H,32,40)(H,36,37,41). The molecule has 43 heavy (non-hydrogen) atoms. The fourth-order valence-corrected chi connectivity index (χ4v) is 6.40. The molecule has 12 nitrogen and oxygen atoms in total. The zero-order valence-corrected chi connectivity index (χ0v) is 24.4. The molecule has 1 aromatic carbocycles. The average Bonchev–Trinajstić information content (AvgIpc) is 3.63. The molecule has 2 fully saturated rings. The molecular formula is C30H31ClN8O4. The van der Waals surface area contributed by atoms with Crippen LogP contribution in [0, 0.1) is 11.8 Å². The van der Waals surface area contributed by atoms with Crippen LogP contribution in [0.2, 0.25) is 5.02 Å². The Morgan fingerprint density at radius 1 is 1.07 bits per heavy atom. The number of pyridine rings is 1. The molecule has 5 heterocycles. The number of imidazole rings is 1. The summed E-state index contributed by atoms with van der Waals surface area (Å²) in [6, 6.07) is 11.7. The molecule has 5 aromatic rings. The summed E-state index contributed by atoms with van der Waals surface area (Å²) in [7, 11) is 0. The molecule has 1 aliphatic heterocycles. The second-order valence-corrected chi connectivity index (χ2v) is 11.9. The van der Waals surface area contributed by atoms with Crippen LogP contribution in [0.4, 0.5) is 5.95 Å². The van der Waals surface area contributed by atoms with E-state index in [2.05, 4.69) is 43.6 Å². The first kappa shape index (κ1) is 27.5. The van der Waals surface area contributed by atoms with Crippen molar-refractivity contribution in [3.8, 4) is 22.9 Å². The molecule has 1 saturated heterocycles. The number of aromatic nitrogens is 7. The van der Waals surface area contributed by atoms with E-state index < -0.39 is 5.76 Å². The molecule has 1 saturated carbocycles. The molecular weight excluding hydrogens is 572 g/mol. The van der Waals surface area contributed by atoms with Crippen LogP contribution in [0.3, 0.4) is 0 Å². The summed E-state index contributed by atoms with van der Waals surface area (Å²) >= 11 is 6.37. The van der Waals surface area contributed by atoms with E-state index in [0.717, 1.165) is 37.2 Å². The predicted molar refractivity (Wildman–Crippen MR) is 161 cm³/mol. The number of morpholine rings is 1. The van der Waals surface area contributed by atoms with Crippen molar-refractivity contribution in [2.24, 2.45) is 11.8 Å². The molecule has 1 aliphatic carbocycles. The Hall–Kier alpha value is -4.29. The number of anilines is 1. The number of hydrogen-bond acceptors (Lipinski definition) is 9. The van der Waals surface area contributed by atoms with Gasteiger partial charge in [-0.05, 0) is 36.3 Å². The highest BCUT2D eigenvalue weighted by atomic mass is 35.5. The monoisotopic (exact) mass is 602 g/mol. The summed E-state index contributed by atoms with van der Waals surface area (Å²) in [5.74, 6) is 1.23. The van der Waals surface area contributed by atoms with Crippen LogP contribution in [0.5, 0.6) is 0 Å². The van der Waals surface area contributed by atoms with Gasteiger partial charge in [0, 0.05) is 19.3 Å². The quantitative estimate of drug-likeness (QED) is 0.285. The fourth-order valence-electron chi connectivity index (χ4n) is 6.23. The lowest BCUT2D eigenvalue weighted by Gasteiger charge is -2.37. The van der Waals surface area contributed by atoms with Crippen molar-refractivity contribution < 1.29 is 9.26 Å². The van der Waals surface area contributed by atoms with Gasteiger partial charge in [-0.2, -0.15) is 4.98 Å². The lowest BCUT2D eigenvalue weighted by Crippen LogP contribution is -2.41. The Balaban J connectivity index is 1.48. The van der Waals surface area contributed by atoms with Crippen LogP contribution in [0.1, 0.15) is 44.2 Å². The summed E-state index contributed by atoms with van der Waals surface area (Å²) in [6.07, 6.45) is 5.96. The Morgan fingerprint density at radius 2 is 1.88 bits per heavy atom. The number of H-pyrrole nitrogens is 2. The van der Waals surface area contributed by atoms with Crippen LogP contribution in [0.25, 0.3) is 34.1 Å². The Morgan fingerprint density at radius 3 is 2.65 bits per heavy atom. The van der Waals surface area contributed by atoms with Crippen LogP contribution < -0.4 is 16.2 Å². The van der Waals surface area contributed by atoms with Crippen LogP contribution >= 0.6 is 11.6 Å². The number of ether oxygens (including phenoxy) is 1. The van der Waals surface area contributed by atoms with Gasteiger partial charge in [-0.1, -0.05) is 66.9 Å². The molecule has 0 bridgehead atoms. The first-order valence-electron chi connectivity index (χ1n) is 14.6. The second-order valence-electron chi connectivity index (χ2n) is 11.4. The zero-order chi connectivity index (χ0) is 29.5. The topological polar surface area (TPSA) is 148 Å². The van der Waals surface area contributed by atoms with Gasteiger partial charge in [-0.3, -0.25) is 14.3 Å². The molecule has 222 valence electrons. The molecule has 2 N–H and O–H groups in total. The van der Waals surface area contributed by atoms with Crippen molar-refractivity contribution in [1.82, 2.24) is 34.6 Å². The van der Waals surface area contributed by atoms with Gasteiger partial charge in [0.1, 0.15) is 11.2 Å². The minimum atomic E-state index is -0.738. The number of rotatable bonds is 6. The number of halogens is 1. The first-order valence-corrected chi connectivity index (χ1v) is 14.9. The van der Waals surface area contributed by atoms with E-state index in [1.165, 1.54) is 6.20 Å². The summed E-state index contributed by atoms with van der Waals surface area (Å²) in [6.45, 7) is 4.66. The maximum atomic E-state index is 13.2. The molecule has 4 aromatic heterocycles. The Labute approximate surface area is 251 Å². The fraction of sp³-hybridized carbons (Fsp3) is 0.400. The van der Waals surface area contributed by atoms with E-state index in [0.29, 0.717) is 60.0 Å². The number of fused-ring (bicyclic) bond motifs is 1. The number of nitrogens with one attached hydrogen (secondary N) is 2. The van der Waals surface area contributed by atoms with E-state index >= 15 is 0 Å². The van der Waals surface area contributed by atoms with E-state index in [1.807, 2.05) is 18.2 Å². The van der Waals surface area contributed by atoms with Gasteiger partial charge in [-0.15, -0.1) is 0 Å². The molecule has 2 aliphatic rings. The van der Waals surface area contributed by atoms with Gasteiger partial charge in [0.25, 0.3) is 5.56 Å². The Bertz CT molecular complexity index is 1870. The van der Waals surface area contributed by atoms with Gasteiger partial charge in [0.05, 0.1) is 29.8 Å². The number of benzene rings is 1. The van der Waals surface area contributed by atoms with Gasteiger partial charge in [0.2, 0.25) is 17.6 Å². The van der Waals surface area contributed by atoms with Gasteiger partial charge < -0.3 is 19.2 Å². The van der Waals surface area contributed by atoms with Crippen LogP contribution in [-0.2, 0) is 11.3 Å². The SMILES string of the molecule is CC1CCC(Cn2c(N3CCOCC3c3ccccc3)nc3nc(-c4noc(=O)[nH]4)nc(-c4cc(Cl)c[nH]c4=O)c32)CC1. The number of hydrogen-bond donors (Lipinski definition) is 2. The van der Waals surface area contributed by atoms with Crippen molar-refractivity contribution in [2.75, 3.05) is 24.7 Å². The minimum absolute atomic E-state index is 0.0394. The molecule has 1 unspecified atom stereocenters. The summed E-state index contributed by atoms with van der Waals surface area (Å²) < 4.78 is 12.9. The van der Waals surface area contributed by atoms with E-state index in [9.17, 15) is 9.59 Å². The summed E-state index contributed by atoms with van der Waals surface area (Å²) in [5.41, 5.74) is 2.36. The van der Waals surface area contributed by atoms with Crippen molar-refractivity contribution in [1.29, 1.82) is 0 Å². The third kappa shape index (κ3) is 5.36. The molecule has 0 radical (unpaired) electrons. The summed E-state index contributed by atoms with van der Waals surface area (Å²) in [4.78, 5) is 47.1. The van der Waals surface area contributed by atoms with E-state index in [1.54, 1.807) is 6.07 Å². The molecule has 7 rings (SSSR count). The maximum Gasteiger partial charge on any atom is 0.439 e. The highest BCUT2D eigenvalue weighted by Gasteiger charge is 2.32. The van der Waals surface area contributed by atoms with Crippen LogP contribution in [-0.4, -0.2) is 54.4 Å². The van der Waals surface area contributed by atoms with Crippen molar-refractivity contribution in [2.45, 2.75) is 45.2 Å².